The molecule has 0 amide bonds. The Labute approximate surface area is 125 Å². The van der Waals surface area contributed by atoms with E-state index in [1.54, 1.807) is 0 Å². The van der Waals surface area contributed by atoms with Crippen molar-refractivity contribution < 1.29 is 14.6 Å². The first kappa shape index (κ1) is 15.0. The van der Waals surface area contributed by atoms with Gasteiger partial charge in [-0.05, 0) is 36.4 Å². The second-order valence-electron chi connectivity index (χ2n) is 4.31. The highest BCUT2D eigenvalue weighted by Gasteiger charge is 1.95. The van der Waals surface area contributed by atoms with Gasteiger partial charge in [0.25, 0.3) is 0 Å². The molecule has 0 bridgehead atoms. The van der Waals surface area contributed by atoms with E-state index >= 15 is 0 Å². The van der Waals surface area contributed by atoms with Gasteiger partial charge in [-0.2, -0.15) is 0 Å². The van der Waals surface area contributed by atoms with E-state index in [9.17, 15) is 0 Å². The Balaban J connectivity index is 1.73. The van der Waals surface area contributed by atoms with Gasteiger partial charge >= 0.3 is 0 Å². The van der Waals surface area contributed by atoms with Gasteiger partial charge in [0.05, 0.1) is 6.61 Å². The Morgan fingerprint density at radius 2 is 1.43 bits per heavy atom. The summed E-state index contributed by atoms with van der Waals surface area (Å²) in [7, 11) is 0. The lowest BCUT2D eigenvalue weighted by molar-refractivity contribution is 0.217. The van der Waals surface area contributed by atoms with E-state index in [1.165, 1.54) is 0 Å². The van der Waals surface area contributed by atoms with Gasteiger partial charge in [0.1, 0.15) is 24.7 Å². The Morgan fingerprint density at radius 1 is 0.810 bits per heavy atom. The Morgan fingerprint density at radius 3 is 2.05 bits per heavy atom. The van der Waals surface area contributed by atoms with E-state index in [4.69, 9.17) is 14.6 Å². The van der Waals surface area contributed by atoms with Crippen molar-refractivity contribution in [2.45, 2.75) is 6.42 Å². The maximum absolute atomic E-state index is 8.66. The zero-order valence-corrected chi connectivity index (χ0v) is 11.8. The van der Waals surface area contributed by atoms with Crippen LogP contribution >= 0.6 is 0 Å². The van der Waals surface area contributed by atoms with Gasteiger partial charge in [-0.15, -0.1) is 0 Å². The topological polar surface area (TPSA) is 38.7 Å². The number of aliphatic hydroxyl groups is 1. The van der Waals surface area contributed by atoms with Crippen molar-refractivity contribution in [1.29, 1.82) is 0 Å². The van der Waals surface area contributed by atoms with Crippen LogP contribution in [0.1, 0.15) is 12.0 Å². The molecule has 0 unspecified atom stereocenters. The number of para-hydroxylation sites is 1. The fraction of sp³-hybridized carbons (Fsp3) is 0.222. The zero-order chi connectivity index (χ0) is 14.8. The number of ether oxygens (including phenoxy) is 2. The molecule has 3 heteroatoms. The van der Waals surface area contributed by atoms with Crippen molar-refractivity contribution >= 4 is 0 Å². The van der Waals surface area contributed by atoms with E-state index in [0.29, 0.717) is 19.6 Å². The summed E-state index contributed by atoms with van der Waals surface area (Å²) < 4.78 is 11.1. The summed E-state index contributed by atoms with van der Waals surface area (Å²) >= 11 is 0. The maximum atomic E-state index is 8.66. The van der Waals surface area contributed by atoms with Crippen LogP contribution in [0.4, 0.5) is 0 Å². The van der Waals surface area contributed by atoms with Crippen LogP contribution in [0.2, 0.25) is 0 Å². The summed E-state index contributed by atoms with van der Waals surface area (Å²) in [6.07, 6.45) is 0.495. The predicted octanol–water partition coefficient (Wildman–Crippen LogP) is 2.88. The highest BCUT2D eigenvalue weighted by atomic mass is 16.5. The second kappa shape index (κ2) is 8.68. The summed E-state index contributed by atoms with van der Waals surface area (Å²) in [6, 6.07) is 17.2. The van der Waals surface area contributed by atoms with Crippen molar-refractivity contribution in [1.82, 2.24) is 0 Å². The van der Waals surface area contributed by atoms with E-state index in [1.807, 2.05) is 54.6 Å². The van der Waals surface area contributed by atoms with E-state index in [0.717, 1.165) is 17.1 Å². The van der Waals surface area contributed by atoms with Crippen LogP contribution in [-0.4, -0.2) is 24.9 Å². The largest absolute Gasteiger partial charge is 0.490 e. The molecule has 2 aromatic rings. The van der Waals surface area contributed by atoms with Crippen molar-refractivity contribution in [3.63, 3.8) is 0 Å². The molecule has 0 saturated heterocycles. The third-order valence-electron chi connectivity index (χ3n) is 2.69. The number of hydrogen-bond donors (Lipinski definition) is 1. The fourth-order valence-corrected chi connectivity index (χ4v) is 1.69. The smallest absolute Gasteiger partial charge is 0.122 e. The molecule has 0 saturated carbocycles. The molecule has 0 spiro atoms. The van der Waals surface area contributed by atoms with Gasteiger partial charge in [0.2, 0.25) is 0 Å². The molecule has 0 aromatic heterocycles. The minimum Gasteiger partial charge on any atom is -0.490 e. The molecule has 0 radical (unpaired) electrons. The number of rotatable bonds is 6. The lowest BCUT2D eigenvalue weighted by Gasteiger charge is -2.08. The van der Waals surface area contributed by atoms with Crippen LogP contribution in [0, 0.1) is 11.8 Å². The molecule has 0 aliphatic carbocycles. The van der Waals surface area contributed by atoms with Crippen LogP contribution in [0.3, 0.4) is 0 Å². The molecule has 0 fully saturated rings. The molecule has 1 N–H and O–H groups in total. The first-order valence-corrected chi connectivity index (χ1v) is 6.89. The SMILES string of the molecule is OCCC#Cc1ccc(OCCOc2ccccc2)cc1. The average molecular weight is 282 g/mol. The molecule has 2 rings (SSSR count). The second-order valence-corrected chi connectivity index (χ2v) is 4.31. The van der Waals surface area contributed by atoms with Crippen molar-refractivity contribution in [3.8, 4) is 23.3 Å². The Kier molecular flexibility index (Phi) is 6.18. The lowest BCUT2D eigenvalue weighted by Crippen LogP contribution is -2.08. The van der Waals surface area contributed by atoms with Crippen LogP contribution < -0.4 is 9.47 Å². The van der Waals surface area contributed by atoms with Gasteiger partial charge in [-0.3, -0.25) is 0 Å². The summed E-state index contributed by atoms with van der Waals surface area (Å²) in [5.41, 5.74) is 0.913. The molecular formula is C18H18O3. The highest BCUT2D eigenvalue weighted by molar-refractivity contribution is 5.38. The zero-order valence-electron chi connectivity index (χ0n) is 11.8. The van der Waals surface area contributed by atoms with Gasteiger partial charge in [0, 0.05) is 12.0 Å². The first-order chi connectivity index (χ1) is 10.4. The molecule has 108 valence electrons. The van der Waals surface area contributed by atoms with Crippen molar-refractivity contribution in [2.24, 2.45) is 0 Å². The summed E-state index contributed by atoms with van der Waals surface area (Å²) in [5, 5.41) is 8.66. The molecule has 0 atom stereocenters. The molecular weight excluding hydrogens is 264 g/mol. The van der Waals surface area contributed by atoms with E-state index in [2.05, 4.69) is 11.8 Å². The number of benzene rings is 2. The Hall–Kier alpha value is -2.44. The van der Waals surface area contributed by atoms with Crippen LogP contribution in [0.15, 0.2) is 54.6 Å². The molecule has 3 nitrogen and oxygen atoms in total. The molecule has 0 aliphatic heterocycles. The maximum Gasteiger partial charge on any atom is 0.122 e. The van der Waals surface area contributed by atoms with Gasteiger partial charge in [-0.1, -0.05) is 30.0 Å². The minimum atomic E-state index is 0.0929. The van der Waals surface area contributed by atoms with Gasteiger partial charge in [0.15, 0.2) is 0 Å². The number of aliphatic hydroxyl groups excluding tert-OH is 1. The van der Waals surface area contributed by atoms with Crippen molar-refractivity contribution in [2.75, 3.05) is 19.8 Å². The lowest BCUT2D eigenvalue weighted by atomic mass is 10.2. The van der Waals surface area contributed by atoms with E-state index < -0.39 is 0 Å². The van der Waals surface area contributed by atoms with Gasteiger partial charge in [-0.25, -0.2) is 0 Å². The molecule has 21 heavy (non-hydrogen) atoms. The minimum absolute atomic E-state index is 0.0929. The number of hydrogen-bond acceptors (Lipinski definition) is 3. The summed E-state index contributed by atoms with van der Waals surface area (Å²) in [5.74, 6) is 7.49. The predicted molar refractivity (Wildman–Crippen MR) is 82.5 cm³/mol. The normalized spacial score (nSPS) is 9.57. The Bertz CT molecular complexity index is 579. The van der Waals surface area contributed by atoms with Crippen LogP contribution in [-0.2, 0) is 0 Å². The monoisotopic (exact) mass is 282 g/mol. The highest BCUT2D eigenvalue weighted by Crippen LogP contribution is 2.12. The molecule has 0 heterocycles. The summed E-state index contributed by atoms with van der Waals surface area (Å²) in [6.45, 7) is 1.09. The van der Waals surface area contributed by atoms with Crippen LogP contribution in [0.5, 0.6) is 11.5 Å². The molecule has 2 aromatic carbocycles. The molecule has 0 aliphatic rings. The van der Waals surface area contributed by atoms with Gasteiger partial charge < -0.3 is 14.6 Å². The van der Waals surface area contributed by atoms with E-state index in [-0.39, 0.29) is 6.61 Å². The first-order valence-electron chi connectivity index (χ1n) is 6.89. The van der Waals surface area contributed by atoms with Crippen LogP contribution in [0.25, 0.3) is 0 Å². The van der Waals surface area contributed by atoms with Crippen molar-refractivity contribution in [3.05, 3.63) is 60.2 Å². The third kappa shape index (κ3) is 5.60. The standard InChI is InChI=1S/C18H18O3/c19-13-5-4-6-16-9-11-18(12-10-16)21-15-14-20-17-7-2-1-3-8-17/h1-3,7-12,19H,5,13-15H2. The average Bonchev–Trinajstić information content (AvgIpc) is 2.54. The quantitative estimate of drug-likeness (QED) is 0.654. The third-order valence-corrected chi connectivity index (χ3v) is 2.69. The summed E-state index contributed by atoms with van der Waals surface area (Å²) in [4.78, 5) is 0. The fourth-order valence-electron chi connectivity index (χ4n) is 1.69.